The van der Waals surface area contributed by atoms with E-state index in [2.05, 4.69) is 24.4 Å². The summed E-state index contributed by atoms with van der Waals surface area (Å²) in [5, 5.41) is 0. The molecule has 0 aliphatic carbocycles. The van der Waals surface area contributed by atoms with E-state index >= 15 is 0 Å². The molecular weight excluding hydrogens is 483 g/mol. The molecule has 192 valence electrons. The number of carbonyl (C=O) groups is 1. The van der Waals surface area contributed by atoms with Crippen LogP contribution in [-0.2, 0) is 9.53 Å². The Kier molecular flexibility index (Phi) is 8.54. The Labute approximate surface area is 203 Å². The van der Waals surface area contributed by atoms with Gasteiger partial charge in [0, 0.05) is 39.4 Å². The molecule has 35 heavy (non-hydrogen) atoms. The number of methoxy groups -OCH3 is 1. The molecule has 0 aromatic heterocycles. The van der Waals surface area contributed by atoms with Crippen molar-refractivity contribution in [2.45, 2.75) is 44.6 Å². The van der Waals surface area contributed by atoms with Crippen LogP contribution in [0.25, 0.3) is 0 Å². The lowest BCUT2D eigenvalue weighted by Crippen LogP contribution is -2.32. The Morgan fingerprint density at radius 1 is 1.03 bits per heavy atom. The number of ether oxygens (including phenoxy) is 5. The quantitative estimate of drug-likeness (QED) is 0.226. The Morgan fingerprint density at radius 2 is 1.71 bits per heavy atom. The average Bonchev–Trinajstić information content (AvgIpc) is 3.13. The summed E-state index contributed by atoms with van der Waals surface area (Å²) < 4.78 is 63.2. The summed E-state index contributed by atoms with van der Waals surface area (Å²) in [5.41, 5.74) is 0.624. The first-order valence-electron chi connectivity index (χ1n) is 11.2. The van der Waals surface area contributed by atoms with E-state index in [0.717, 1.165) is 18.2 Å². The number of rotatable bonds is 11. The highest BCUT2D eigenvalue weighted by Gasteiger charge is 2.35. The zero-order chi connectivity index (χ0) is 25.6. The maximum Gasteiger partial charge on any atom is 0.573 e. The van der Waals surface area contributed by atoms with E-state index in [4.69, 9.17) is 18.9 Å². The highest BCUT2D eigenvalue weighted by atomic mass is 28.3. The molecule has 1 saturated heterocycles. The number of hydrogen-bond acceptors (Lipinski definition) is 6. The van der Waals surface area contributed by atoms with Gasteiger partial charge in [0.2, 0.25) is 0 Å². The van der Waals surface area contributed by atoms with Crippen LogP contribution in [-0.4, -0.2) is 53.5 Å². The molecule has 1 aliphatic rings. The van der Waals surface area contributed by atoms with Crippen LogP contribution in [0.5, 0.6) is 23.0 Å². The standard InChI is InChI=1S/C24H30F3NO6Si/c1-30-22-15-17(5-10-20(22)32-16-31-13-14-35(2,3)4)28-12-11-21(23(28)29)33-18-6-8-19(9-7-18)34-24(25,26)27/h5-10,15,21H,11-14,16H2,1-4H3. The number of halogens is 3. The van der Waals surface area contributed by atoms with Gasteiger partial charge in [-0.05, 0) is 42.4 Å². The summed E-state index contributed by atoms with van der Waals surface area (Å²) in [6.45, 7) is 7.98. The predicted molar refractivity (Wildman–Crippen MR) is 127 cm³/mol. The molecule has 1 atom stereocenters. The van der Waals surface area contributed by atoms with Crippen LogP contribution in [0, 0.1) is 0 Å². The lowest BCUT2D eigenvalue weighted by Gasteiger charge is -2.20. The van der Waals surface area contributed by atoms with Gasteiger partial charge >= 0.3 is 6.36 Å². The zero-order valence-corrected chi connectivity index (χ0v) is 21.2. The van der Waals surface area contributed by atoms with E-state index in [1.807, 2.05) is 0 Å². The van der Waals surface area contributed by atoms with E-state index in [-0.39, 0.29) is 24.2 Å². The molecule has 2 aromatic carbocycles. The molecule has 1 aliphatic heterocycles. The number of alkyl halides is 3. The average molecular weight is 514 g/mol. The van der Waals surface area contributed by atoms with E-state index in [0.29, 0.717) is 36.8 Å². The van der Waals surface area contributed by atoms with Gasteiger partial charge in [0.1, 0.15) is 11.5 Å². The van der Waals surface area contributed by atoms with Gasteiger partial charge in [-0.25, -0.2) is 0 Å². The second-order valence-electron chi connectivity index (χ2n) is 9.22. The molecule has 0 N–H and O–H groups in total. The molecule has 3 rings (SSSR count). The lowest BCUT2D eigenvalue weighted by molar-refractivity contribution is -0.274. The van der Waals surface area contributed by atoms with E-state index < -0.39 is 20.5 Å². The van der Waals surface area contributed by atoms with Crippen molar-refractivity contribution in [2.75, 3.05) is 32.0 Å². The summed E-state index contributed by atoms with van der Waals surface area (Å²) >= 11 is 0. The molecular formula is C24H30F3NO6Si. The number of nitrogens with zero attached hydrogens (tertiary/aromatic N) is 1. The van der Waals surface area contributed by atoms with Crippen molar-refractivity contribution in [3.05, 3.63) is 42.5 Å². The number of benzene rings is 2. The van der Waals surface area contributed by atoms with Crippen molar-refractivity contribution in [3.63, 3.8) is 0 Å². The van der Waals surface area contributed by atoms with E-state index in [1.165, 1.54) is 19.2 Å². The highest BCUT2D eigenvalue weighted by molar-refractivity contribution is 6.76. The van der Waals surface area contributed by atoms with Crippen LogP contribution in [0.3, 0.4) is 0 Å². The Balaban J connectivity index is 1.57. The maximum atomic E-state index is 12.9. The first-order chi connectivity index (χ1) is 16.4. The Hall–Kier alpha value is -2.92. The summed E-state index contributed by atoms with van der Waals surface area (Å²) in [5.74, 6) is 0.625. The number of carbonyl (C=O) groups excluding carboxylic acids is 1. The first-order valence-corrected chi connectivity index (χ1v) is 14.9. The third-order valence-corrected chi connectivity index (χ3v) is 6.95. The van der Waals surface area contributed by atoms with Crippen LogP contribution in [0.2, 0.25) is 25.7 Å². The summed E-state index contributed by atoms with van der Waals surface area (Å²) in [6.07, 6.45) is -5.11. The fraction of sp³-hybridized carbons (Fsp3) is 0.458. The molecule has 0 spiro atoms. The minimum Gasteiger partial charge on any atom is -0.493 e. The SMILES string of the molecule is COc1cc(N2CCC(Oc3ccc(OC(F)(F)F)cc3)C2=O)ccc1OCOCC[Si](C)(C)C. The highest BCUT2D eigenvalue weighted by Crippen LogP contribution is 2.34. The van der Waals surface area contributed by atoms with Crippen LogP contribution >= 0.6 is 0 Å². The second-order valence-corrected chi connectivity index (χ2v) is 14.8. The van der Waals surface area contributed by atoms with Crippen molar-refractivity contribution >= 4 is 19.7 Å². The van der Waals surface area contributed by atoms with Gasteiger partial charge in [0.05, 0.1) is 7.11 Å². The van der Waals surface area contributed by atoms with E-state index in [1.54, 1.807) is 23.1 Å². The second kappa shape index (κ2) is 11.2. The molecule has 1 amide bonds. The number of anilines is 1. The van der Waals surface area contributed by atoms with Crippen LogP contribution in [0.4, 0.5) is 18.9 Å². The smallest absolute Gasteiger partial charge is 0.493 e. The van der Waals surface area contributed by atoms with Gasteiger partial charge in [0.25, 0.3) is 5.91 Å². The van der Waals surface area contributed by atoms with E-state index in [9.17, 15) is 18.0 Å². The summed E-state index contributed by atoms with van der Waals surface area (Å²) in [4.78, 5) is 14.5. The van der Waals surface area contributed by atoms with Gasteiger partial charge < -0.3 is 28.6 Å². The molecule has 1 fully saturated rings. The molecule has 1 heterocycles. The fourth-order valence-corrected chi connectivity index (χ4v) is 4.15. The molecule has 0 bridgehead atoms. The Bertz CT molecular complexity index is 994. The number of hydrogen-bond donors (Lipinski definition) is 0. The van der Waals surface area contributed by atoms with Crippen molar-refractivity contribution in [1.82, 2.24) is 0 Å². The van der Waals surface area contributed by atoms with Crippen molar-refractivity contribution < 1.29 is 41.7 Å². The van der Waals surface area contributed by atoms with Crippen LogP contribution in [0.15, 0.2) is 42.5 Å². The van der Waals surface area contributed by atoms with Crippen molar-refractivity contribution in [3.8, 4) is 23.0 Å². The van der Waals surface area contributed by atoms with Gasteiger partial charge in [0.15, 0.2) is 24.4 Å². The summed E-state index contributed by atoms with van der Waals surface area (Å²) in [6, 6.07) is 11.2. The molecule has 11 heteroatoms. The largest absolute Gasteiger partial charge is 0.573 e. The van der Waals surface area contributed by atoms with Crippen LogP contribution in [0.1, 0.15) is 6.42 Å². The van der Waals surface area contributed by atoms with Crippen molar-refractivity contribution in [1.29, 1.82) is 0 Å². The third kappa shape index (κ3) is 8.07. The maximum absolute atomic E-state index is 12.9. The Morgan fingerprint density at radius 3 is 2.34 bits per heavy atom. The topological polar surface area (TPSA) is 66.5 Å². The number of amides is 1. The predicted octanol–water partition coefficient (Wildman–Crippen LogP) is 5.47. The fourth-order valence-electron chi connectivity index (χ4n) is 3.39. The molecule has 2 aromatic rings. The van der Waals surface area contributed by atoms with Gasteiger partial charge in [-0.2, -0.15) is 0 Å². The molecule has 1 unspecified atom stereocenters. The molecule has 7 nitrogen and oxygen atoms in total. The van der Waals surface area contributed by atoms with Crippen LogP contribution < -0.4 is 23.8 Å². The monoisotopic (exact) mass is 513 g/mol. The van der Waals surface area contributed by atoms with Gasteiger partial charge in [-0.3, -0.25) is 4.79 Å². The summed E-state index contributed by atoms with van der Waals surface area (Å²) in [7, 11) is 0.341. The van der Waals surface area contributed by atoms with Gasteiger partial charge in [-0.15, -0.1) is 13.2 Å². The van der Waals surface area contributed by atoms with Crippen molar-refractivity contribution in [2.24, 2.45) is 0 Å². The minimum atomic E-state index is -4.77. The van der Waals surface area contributed by atoms with Gasteiger partial charge in [-0.1, -0.05) is 19.6 Å². The molecule has 0 saturated carbocycles. The zero-order valence-electron chi connectivity index (χ0n) is 20.2. The normalized spacial score (nSPS) is 16.4. The first kappa shape index (κ1) is 26.7. The third-order valence-electron chi connectivity index (χ3n) is 5.25. The lowest BCUT2D eigenvalue weighted by atomic mass is 10.2. The molecule has 0 radical (unpaired) electrons. The minimum absolute atomic E-state index is 0.103.